The average Bonchev–Trinajstić information content (AvgIpc) is 3.00. The summed E-state index contributed by atoms with van der Waals surface area (Å²) in [5, 5.41) is 0.983. The van der Waals surface area contributed by atoms with Crippen LogP contribution in [0.5, 0.6) is 5.75 Å². The second kappa shape index (κ2) is 7.64. The minimum atomic E-state index is -4.37. The Kier molecular flexibility index (Phi) is 5.46. The smallest absolute Gasteiger partial charge is 0.416 e. The standard InChI is InChI=1S/C21H23F3N2O/c1-13-10-16(27-2)12-18-17(8-3-4-9-25)20(26-19(13)18)14-6-5-7-15(11-14)21(22,23)24/h5-7,10-12,26H,3-4,8-9,25H2,1-2H3. The van der Waals surface area contributed by atoms with Crippen LogP contribution in [0.1, 0.15) is 29.5 Å². The molecule has 0 radical (unpaired) electrons. The first-order chi connectivity index (χ1) is 12.8. The van der Waals surface area contributed by atoms with E-state index in [0.29, 0.717) is 12.1 Å². The Morgan fingerprint density at radius 2 is 1.89 bits per heavy atom. The van der Waals surface area contributed by atoms with Gasteiger partial charge in [-0.25, -0.2) is 0 Å². The molecule has 0 unspecified atom stereocenters. The maximum atomic E-state index is 13.2. The molecule has 0 saturated carbocycles. The largest absolute Gasteiger partial charge is 0.497 e. The van der Waals surface area contributed by atoms with Crippen LogP contribution in [0, 0.1) is 6.92 Å². The van der Waals surface area contributed by atoms with Gasteiger partial charge >= 0.3 is 6.18 Å². The number of benzene rings is 2. The molecule has 2 aromatic carbocycles. The van der Waals surface area contributed by atoms with Gasteiger partial charge in [-0.2, -0.15) is 13.2 Å². The van der Waals surface area contributed by atoms with Crippen molar-refractivity contribution in [2.75, 3.05) is 13.7 Å². The van der Waals surface area contributed by atoms with Crippen LogP contribution < -0.4 is 10.5 Å². The molecule has 3 N–H and O–H groups in total. The van der Waals surface area contributed by atoms with Crippen molar-refractivity contribution in [1.29, 1.82) is 0 Å². The minimum Gasteiger partial charge on any atom is -0.497 e. The van der Waals surface area contributed by atoms with Crippen LogP contribution in [0.25, 0.3) is 22.2 Å². The number of aryl methyl sites for hydroxylation is 2. The number of aromatic nitrogens is 1. The van der Waals surface area contributed by atoms with Crippen molar-refractivity contribution in [3.05, 3.63) is 53.1 Å². The maximum Gasteiger partial charge on any atom is 0.416 e. The van der Waals surface area contributed by atoms with Gasteiger partial charge in [0, 0.05) is 16.6 Å². The van der Waals surface area contributed by atoms with E-state index in [1.54, 1.807) is 13.2 Å². The number of alkyl halides is 3. The zero-order valence-corrected chi connectivity index (χ0v) is 15.4. The number of hydrogen-bond acceptors (Lipinski definition) is 2. The normalized spacial score (nSPS) is 11.9. The van der Waals surface area contributed by atoms with Gasteiger partial charge in [0.15, 0.2) is 0 Å². The molecule has 144 valence electrons. The lowest BCUT2D eigenvalue weighted by Crippen LogP contribution is -2.04. The molecule has 3 rings (SSSR count). The number of rotatable bonds is 6. The highest BCUT2D eigenvalue weighted by Gasteiger charge is 2.30. The Morgan fingerprint density at radius 3 is 2.56 bits per heavy atom. The molecular weight excluding hydrogens is 353 g/mol. The lowest BCUT2D eigenvalue weighted by Gasteiger charge is -2.10. The van der Waals surface area contributed by atoms with E-state index in [9.17, 15) is 13.2 Å². The number of fused-ring (bicyclic) bond motifs is 1. The number of nitrogens with one attached hydrogen (secondary N) is 1. The highest BCUT2D eigenvalue weighted by molar-refractivity contribution is 5.93. The number of nitrogens with two attached hydrogens (primary N) is 1. The molecule has 1 aromatic heterocycles. The topological polar surface area (TPSA) is 51.0 Å². The maximum absolute atomic E-state index is 13.2. The van der Waals surface area contributed by atoms with E-state index in [0.717, 1.165) is 58.8 Å². The molecule has 6 heteroatoms. The molecule has 0 atom stereocenters. The molecule has 0 fully saturated rings. The summed E-state index contributed by atoms with van der Waals surface area (Å²) in [5.74, 6) is 0.731. The van der Waals surface area contributed by atoms with Crippen LogP contribution in [0.2, 0.25) is 0 Å². The molecule has 0 spiro atoms. The van der Waals surface area contributed by atoms with E-state index < -0.39 is 11.7 Å². The van der Waals surface area contributed by atoms with Crippen molar-refractivity contribution >= 4 is 10.9 Å². The zero-order chi connectivity index (χ0) is 19.6. The van der Waals surface area contributed by atoms with Gasteiger partial charge in [0.1, 0.15) is 5.75 Å². The van der Waals surface area contributed by atoms with E-state index in [-0.39, 0.29) is 0 Å². The molecule has 1 heterocycles. The Morgan fingerprint density at radius 1 is 1.11 bits per heavy atom. The van der Waals surface area contributed by atoms with E-state index in [1.165, 1.54) is 12.1 Å². The number of methoxy groups -OCH3 is 1. The van der Waals surface area contributed by atoms with Gasteiger partial charge in [-0.3, -0.25) is 0 Å². The summed E-state index contributed by atoms with van der Waals surface area (Å²) in [6.07, 6.45) is -1.92. The fraction of sp³-hybridized carbons (Fsp3) is 0.333. The molecule has 0 aliphatic carbocycles. The van der Waals surface area contributed by atoms with Crippen LogP contribution in [-0.2, 0) is 12.6 Å². The van der Waals surface area contributed by atoms with E-state index in [1.807, 2.05) is 19.1 Å². The zero-order valence-electron chi connectivity index (χ0n) is 15.4. The van der Waals surface area contributed by atoms with Gasteiger partial charge in [-0.15, -0.1) is 0 Å². The van der Waals surface area contributed by atoms with Crippen molar-refractivity contribution in [3.8, 4) is 17.0 Å². The third-order valence-corrected chi connectivity index (χ3v) is 4.78. The quantitative estimate of drug-likeness (QED) is 0.562. The van der Waals surface area contributed by atoms with Crippen LogP contribution >= 0.6 is 0 Å². The average molecular weight is 376 g/mol. The van der Waals surface area contributed by atoms with Crippen LogP contribution in [0.15, 0.2) is 36.4 Å². The Hall–Kier alpha value is -2.47. The summed E-state index contributed by atoms with van der Waals surface area (Å²) < 4.78 is 44.9. The van der Waals surface area contributed by atoms with Gasteiger partial charge < -0.3 is 15.5 Å². The first-order valence-corrected chi connectivity index (χ1v) is 8.92. The second-order valence-corrected chi connectivity index (χ2v) is 6.67. The lowest BCUT2D eigenvalue weighted by atomic mass is 9.98. The van der Waals surface area contributed by atoms with Crippen molar-refractivity contribution in [3.63, 3.8) is 0 Å². The summed E-state index contributed by atoms with van der Waals surface area (Å²) in [7, 11) is 1.61. The third kappa shape index (κ3) is 3.95. The predicted molar refractivity (Wildman–Crippen MR) is 102 cm³/mol. The van der Waals surface area contributed by atoms with E-state index in [2.05, 4.69) is 4.98 Å². The van der Waals surface area contributed by atoms with Gasteiger partial charge in [-0.1, -0.05) is 12.1 Å². The number of H-pyrrole nitrogens is 1. The van der Waals surface area contributed by atoms with Gasteiger partial charge in [-0.05, 0) is 73.7 Å². The predicted octanol–water partition coefficient (Wildman–Crippen LogP) is 5.45. The first kappa shape index (κ1) is 19.3. The fourth-order valence-corrected chi connectivity index (χ4v) is 3.41. The van der Waals surface area contributed by atoms with Crippen LogP contribution in [-0.4, -0.2) is 18.6 Å². The van der Waals surface area contributed by atoms with Crippen molar-refractivity contribution in [2.24, 2.45) is 5.73 Å². The van der Waals surface area contributed by atoms with Crippen molar-refractivity contribution in [1.82, 2.24) is 4.98 Å². The second-order valence-electron chi connectivity index (χ2n) is 6.67. The molecule has 3 aromatic rings. The van der Waals surface area contributed by atoms with Gasteiger partial charge in [0.2, 0.25) is 0 Å². The summed E-state index contributed by atoms with van der Waals surface area (Å²) >= 11 is 0. The highest BCUT2D eigenvalue weighted by Crippen LogP contribution is 2.37. The Labute approximate surface area is 156 Å². The highest BCUT2D eigenvalue weighted by atomic mass is 19.4. The lowest BCUT2D eigenvalue weighted by molar-refractivity contribution is -0.137. The van der Waals surface area contributed by atoms with Gasteiger partial charge in [0.05, 0.1) is 12.7 Å². The minimum absolute atomic E-state index is 0.530. The van der Waals surface area contributed by atoms with Crippen molar-refractivity contribution < 1.29 is 17.9 Å². The number of hydrogen-bond donors (Lipinski definition) is 2. The first-order valence-electron chi connectivity index (χ1n) is 8.92. The molecule has 3 nitrogen and oxygen atoms in total. The Bertz CT molecular complexity index is 944. The molecular formula is C21H23F3N2O. The number of halogens is 3. The van der Waals surface area contributed by atoms with Crippen LogP contribution in [0.3, 0.4) is 0 Å². The number of unbranched alkanes of at least 4 members (excludes halogenated alkanes) is 1. The summed E-state index contributed by atoms with van der Waals surface area (Å²) in [6, 6.07) is 9.30. The summed E-state index contributed by atoms with van der Waals surface area (Å²) in [5.41, 5.74) is 9.13. The molecule has 0 aliphatic rings. The van der Waals surface area contributed by atoms with Crippen molar-refractivity contribution in [2.45, 2.75) is 32.4 Å². The molecule has 0 amide bonds. The van der Waals surface area contributed by atoms with Crippen LogP contribution in [0.4, 0.5) is 13.2 Å². The van der Waals surface area contributed by atoms with E-state index >= 15 is 0 Å². The molecule has 0 saturated heterocycles. The van der Waals surface area contributed by atoms with Gasteiger partial charge in [0.25, 0.3) is 0 Å². The molecule has 27 heavy (non-hydrogen) atoms. The number of aromatic amines is 1. The summed E-state index contributed by atoms with van der Waals surface area (Å²) in [4.78, 5) is 3.35. The Balaban J connectivity index is 2.19. The molecule has 0 bridgehead atoms. The monoisotopic (exact) mass is 376 g/mol. The fourth-order valence-electron chi connectivity index (χ4n) is 3.41. The molecule has 0 aliphatic heterocycles. The van der Waals surface area contributed by atoms with E-state index in [4.69, 9.17) is 10.5 Å². The third-order valence-electron chi connectivity index (χ3n) is 4.78. The SMILES string of the molecule is COc1cc(C)c2[nH]c(-c3cccc(C(F)(F)F)c3)c(CCCCN)c2c1. The summed E-state index contributed by atoms with van der Waals surface area (Å²) in [6.45, 7) is 2.55. The number of ether oxygens (including phenoxy) is 1.